The molecule has 1 aromatic rings. The zero-order chi connectivity index (χ0) is 5.11. The number of aromatic nitrogens is 3. The average molecular weight is 97.1 g/mol. The van der Waals surface area contributed by atoms with Gasteiger partial charge in [0.2, 0.25) is 0 Å². The fraction of sp³-hybridized carbons (Fsp3) is 0. The molecule has 0 aliphatic heterocycles. The van der Waals surface area contributed by atoms with E-state index < -0.39 is 0 Å². The van der Waals surface area contributed by atoms with E-state index in [9.17, 15) is 0 Å². The van der Waals surface area contributed by atoms with Gasteiger partial charge in [0.1, 0.15) is 11.4 Å². The minimum Gasteiger partial charge on any atom is -0.361 e. The van der Waals surface area contributed by atoms with Gasteiger partial charge in [-0.1, -0.05) is 0 Å². The number of rotatable bonds is 0. The van der Waals surface area contributed by atoms with Crippen LogP contribution in [0, 0.1) is 0 Å². The highest BCUT2D eigenvalue weighted by Crippen LogP contribution is 1.81. The van der Waals surface area contributed by atoms with Crippen LogP contribution >= 0.6 is 0 Å². The van der Waals surface area contributed by atoms with Crippen molar-refractivity contribution in [2.75, 3.05) is 5.73 Å². The Balaban J connectivity index is 3.02. The van der Waals surface area contributed by atoms with Crippen LogP contribution in [-0.4, -0.2) is 10.3 Å². The molecule has 4 heteroatoms. The lowest BCUT2D eigenvalue weighted by Gasteiger charge is -1.70. The lowest BCUT2D eigenvalue weighted by molar-refractivity contribution is -0.463. The predicted octanol–water partition coefficient (Wildman–Crippen LogP) is -1.13. The lowest BCUT2D eigenvalue weighted by atomic mass is 10.6. The van der Waals surface area contributed by atoms with Crippen LogP contribution in [0.4, 0.5) is 5.82 Å². The molecular weight excluding hydrogens is 92.1 g/mol. The second kappa shape index (κ2) is 1.51. The summed E-state index contributed by atoms with van der Waals surface area (Å²) in [5.74, 6) is 0.429. The second-order valence-corrected chi connectivity index (χ2v) is 1.09. The molecule has 1 aromatic heterocycles. The Labute approximate surface area is 40.4 Å². The van der Waals surface area contributed by atoms with E-state index in [1.54, 1.807) is 12.3 Å². The van der Waals surface area contributed by atoms with Crippen molar-refractivity contribution >= 4 is 5.82 Å². The molecule has 4 nitrogen and oxygen atoms in total. The number of aromatic amines is 1. The Morgan fingerprint density at radius 1 is 1.71 bits per heavy atom. The third-order valence-electron chi connectivity index (χ3n) is 0.552. The van der Waals surface area contributed by atoms with E-state index in [-0.39, 0.29) is 0 Å². The molecule has 0 bridgehead atoms. The molecule has 0 spiro atoms. The molecule has 0 saturated carbocycles. The Morgan fingerprint density at radius 2 is 2.57 bits per heavy atom. The highest BCUT2D eigenvalue weighted by atomic mass is 15.3. The number of nitrogens with zero attached hydrogens (tertiary/aromatic N) is 2. The van der Waals surface area contributed by atoms with E-state index in [2.05, 4.69) is 15.4 Å². The van der Waals surface area contributed by atoms with Gasteiger partial charge >= 0.3 is 0 Å². The minimum atomic E-state index is 0.429. The third-order valence-corrected chi connectivity index (χ3v) is 0.552. The van der Waals surface area contributed by atoms with Crippen LogP contribution in [0.5, 0.6) is 0 Å². The summed E-state index contributed by atoms with van der Waals surface area (Å²) in [4.78, 5) is 0. The van der Waals surface area contributed by atoms with E-state index in [1.807, 2.05) is 0 Å². The fourth-order valence-corrected chi connectivity index (χ4v) is 0.276. The largest absolute Gasteiger partial charge is 0.361 e. The summed E-state index contributed by atoms with van der Waals surface area (Å²) in [6.45, 7) is 0. The number of H-pyrrole nitrogens is 1. The number of nitrogen functional groups attached to an aromatic ring is 1. The first-order valence-corrected chi connectivity index (χ1v) is 1.85. The summed E-state index contributed by atoms with van der Waals surface area (Å²) in [6.07, 6.45) is 1.61. The first-order chi connectivity index (χ1) is 3.39. The molecule has 0 aliphatic rings. The van der Waals surface area contributed by atoms with E-state index in [0.29, 0.717) is 5.82 Å². The molecule has 0 unspecified atom stereocenters. The number of hydrogen-bond donors (Lipinski definition) is 1. The van der Waals surface area contributed by atoms with Crippen molar-refractivity contribution in [3.05, 3.63) is 12.3 Å². The van der Waals surface area contributed by atoms with Gasteiger partial charge in [0.25, 0.3) is 5.82 Å². The highest BCUT2D eigenvalue weighted by molar-refractivity contribution is 5.20. The van der Waals surface area contributed by atoms with Crippen LogP contribution in [0.1, 0.15) is 0 Å². The van der Waals surface area contributed by atoms with Gasteiger partial charge in [-0.05, 0) is 0 Å². The molecule has 7 heavy (non-hydrogen) atoms. The number of anilines is 1. The maximum absolute atomic E-state index is 5.16. The van der Waals surface area contributed by atoms with Crippen molar-refractivity contribution in [1.29, 1.82) is 0 Å². The Kier molecular flexibility index (Phi) is 0.856. The first kappa shape index (κ1) is 3.98. The van der Waals surface area contributed by atoms with Gasteiger partial charge in [0.05, 0.1) is 11.2 Å². The van der Waals surface area contributed by atoms with Gasteiger partial charge in [0.15, 0.2) is 0 Å². The van der Waals surface area contributed by atoms with E-state index in [1.165, 1.54) is 0 Å². The summed E-state index contributed by atoms with van der Waals surface area (Å²) in [5, 5.41) is 9.33. The van der Waals surface area contributed by atoms with E-state index in [4.69, 9.17) is 5.73 Å². The molecule has 0 fully saturated rings. The first-order valence-electron chi connectivity index (χ1n) is 1.85. The Morgan fingerprint density at radius 3 is 2.86 bits per heavy atom. The van der Waals surface area contributed by atoms with E-state index >= 15 is 0 Å². The maximum Gasteiger partial charge on any atom is 0.270 e. The molecule has 0 aliphatic carbocycles. The zero-order valence-corrected chi connectivity index (χ0v) is 3.63. The molecule has 0 saturated heterocycles. The summed E-state index contributed by atoms with van der Waals surface area (Å²) < 4.78 is 0. The second-order valence-electron chi connectivity index (χ2n) is 1.09. The van der Waals surface area contributed by atoms with Crippen molar-refractivity contribution in [3.8, 4) is 0 Å². The minimum absolute atomic E-state index is 0.429. The predicted molar refractivity (Wildman–Crippen MR) is 23.0 cm³/mol. The lowest BCUT2D eigenvalue weighted by Crippen LogP contribution is -2.09. The fourth-order valence-electron chi connectivity index (χ4n) is 0.276. The normalized spacial score (nSPS) is 8.57. The average Bonchev–Trinajstić information content (AvgIpc) is 1.69. The quantitative estimate of drug-likeness (QED) is 0.445. The summed E-state index contributed by atoms with van der Waals surface area (Å²) in [6, 6.07) is 1.63. The molecule has 3 N–H and O–H groups in total. The van der Waals surface area contributed by atoms with Crippen LogP contribution in [0.2, 0.25) is 0 Å². The molecule has 0 radical (unpaired) electrons. The molecular formula is C3H5N4+. The van der Waals surface area contributed by atoms with Crippen LogP contribution in [0.15, 0.2) is 12.3 Å². The van der Waals surface area contributed by atoms with Crippen LogP contribution in [-0.2, 0) is 0 Å². The smallest absolute Gasteiger partial charge is 0.270 e. The topological polar surface area (TPSA) is 65.9 Å². The van der Waals surface area contributed by atoms with Crippen LogP contribution in [0.25, 0.3) is 0 Å². The van der Waals surface area contributed by atoms with Gasteiger partial charge in [-0.15, -0.1) is 0 Å². The molecule has 0 amide bonds. The number of hydrogen-bond acceptors (Lipinski definition) is 3. The SMILES string of the molecule is Nc1cc[nH+]nn1. The van der Waals surface area contributed by atoms with E-state index in [0.717, 1.165) is 0 Å². The van der Waals surface area contributed by atoms with Gasteiger partial charge in [-0.25, -0.2) is 0 Å². The molecule has 1 heterocycles. The zero-order valence-electron chi connectivity index (χ0n) is 3.63. The molecule has 0 aromatic carbocycles. The summed E-state index contributed by atoms with van der Waals surface area (Å²) >= 11 is 0. The van der Waals surface area contributed by atoms with Crippen molar-refractivity contribution in [2.45, 2.75) is 0 Å². The van der Waals surface area contributed by atoms with Gasteiger partial charge in [0, 0.05) is 0 Å². The number of nitrogens with two attached hydrogens (primary N) is 1. The van der Waals surface area contributed by atoms with Gasteiger partial charge in [-0.2, -0.15) is 5.10 Å². The third kappa shape index (κ3) is 0.819. The standard InChI is InChI=1S/C3H4N4/c4-3-1-2-5-7-6-3/h1-2H,(H2,4,5,6)/p+1. The molecule has 1 rings (SSSR count). The van der Waals surface area contributed by atoms with Crippen LogP contribution in [0.3, 0.4) is 0 Å². The summed E-state index contributed by atoms with van der Waals surface area (Å²) in [7, 11) is 0. The summed E-state index contributed by atoms with van der Waals surface area (Å²) in [5.41, 5.74) is 5.16. The van der Waals surface area contributed by atoms with Gasteiger partial charge < -0.3 is 5.73 Å². The van der Waals surface area contributed by atoms with Crippen molar-refractivity contribution < 1.29 is 5.10 Å². The maximum atomic E-state index is 5.16. The highest BCUT2D eigenvalue weighted by Gasteiger charge is 1.86. The van der Waals surface area contributed by atoms with Crippen LogP contribution < -0.4 is 10.8 Å². The number of nitrogens with one attached hydrogen (secondary N) is 1. The molecule has 0 atom stereocenters. The van der Waals surface area contributed by atoms with Crippen molar-refractivity contribution in [2.24, 2.45) is 0 Å². The van der Waals surface area contributed by atoms with Crippen molar-refractivity contribution in [3.63, 3.8) is 0 Å². The Hall–Kier alpha value is -1.19. The van der Waals surface area contributed by atoms with Gasteiger partial charge in [-0.3, -0.25) is 0 Å². The molecule has 36 valence electrons. The Bertz CT molecular complexity index is 137. The van der Waals surface area contributed by atoms with Crippen molar-refractivity contribution in [1.82, 2.24) is 10.3 Å². The monoisotopic (exact) mass is 97.1 g/mol.